The average Bonchev–Trinajstić information content (AvgIpc) is 0.983. The van der Waals surface area contributed by atoms with Gasteiger partial charge in [0, 0.05) is 18.4 Å². The van der Waals surface area contributed by atoms with Crippen molar-refractivity contribution in [3.63, 3.8) is 0 Å². The summed E-state index contributed by atoms with van der Waals surface area (Å²) in [4.78, 5) is 12.4. The van der Waals surface area contributed by atoms with E-state index in [1.54, 1.807) is 41.1 Å². The van der Waals surface area contributed by atoms with Crippen LogP contribution in [0, 0.1) is 0 Å². The Bertz CT molecular complexity index is 4860. The molecule has 122 heavy (non-hydrogen) atoms. The predicted octanol–water partition coefficient (Wildman–Crippen LogP) is 28.0. The van der Waals surface area contributed by atoms with Gasteiger partial charge >= 0.3 is 18.3 Å². The van der Waals surface area contributed by atoms with Gasteiger partial charge in [-0.2, -0.15) is 13.2 Å². The summed E-state index contributed by atoms with van der Waals surface area (Å²) in [6, 6.07) is 46.8. The molecule has 0 saturated carbocycles. The molecule has 0 aromatic heterocycles. The molecule has 0 spiro atoms. The zero-order chi connectivity index (χ0) is 90.5. The highest BCUT2D eigenvalue weighted by molar-refractivity contribution is 8.00. The topological polar surface area (TPSA) is 137 Å². The van der Waals surface area contributed by atoms with E-state index < -0.39 is 18.3 Å². The maximum absolute atomic E-state index is 13.6. The van der Waals surface area contributed by atoms with Gasteiger partial charge in [-0.1, -0.05) is 259 Å². The number of aliphatic hydroxyl groups is 1. The Kier molecular flexibility index (Phi) is 30.2. The number of hydrogen-bond acceptors (Lipinski definition) is 11. The van der Waals surface area contributed by atoms with Gasteiger partial charge in [-0.15, -0.1) is 20.5 Å². The van der Waals surface area contributed by atoms with Crippen LogP contribution in [0.25, 0.3) is 0 Å². The highest BCUT2D eigenvalue weighted by Gasteiger charge is 2.60. The molecule has 2 unspecified atom stereocenters. The van der Waals surface area contributed by atoms with Crippen LogP contribution in [0.2, 0.25) is 0 Å². The molecule has 3 aliphatic carbocycles. The monoisotopic (exact) mass is 1700 g/mol. The summed E-state index contributed by atoms with van der Waals surface area (Å²) in [7, 11) is 0. The van der Waals surface area contributed by atoms with E-state index in [1.165, 1.54) is 118 Å². The SMILES string of the molecule is CC(C)(C)c1cc2c(cc1O)CCCC2.CC(C)(C)c1ccc2c(c1)C(O)CCC2.CC(C)(C)c1ccc2c(c1)CCCC2.CC(C)(C)c1ccc2c(c1)NC(=O)CS2.CC(C)(C)c1ccc2c(c1)NCCO2.CC(C)(C)c1ccc2c(c1)OC(F)(F)C(C)(F)O2.CC(C)(C)c1ccc2c(c1)OC(F)(F)O2.CC(C)(C)c1ccc2c(c1)OCCC2(C)C. The van der Waals surface area contributed by atoms with Crippen LogP contribution in [0.4, 0.5) is 33.3 Å². The van der Waals surface area contributed by atoms with Gasteiger partial charge in [-0.25, -0.2) is 0 Å². The number of carbonyl (C=O) groups excluding carboxylic acids is 1. The van der Waals surface area contributed by atoms with E-state index in [1.807, 2.05) is 47.6 Å². The lowest BCUT2D eigenvalue weighted by atomic mass is 9.77. The van der Waals surface area contributed by atoms with Crippen LogP contribution in [0.15, 0.2) is 144 Å². The Labute approximate surface area is 731 Å². The Balaban J connectivity index is 0.000000158. The number of hydrogen-bond donors (Lipinski definition) is 4. The third kappa shape index (κ3) is 26.1. The van der Waals surface area contributed by atoms with Crippen molar-refractivity contribution in [1.29, 1.82) is 0 Å². The first-order chi connectivity index (χ1) is 56.2. The molecule has 1 amide bonds. The smallest absolute Gasteiger partial charge is 0.508 e. The molecule has 0 bridgehead atoms. The summed E-state index contributed by atoms with van der Waals surface area (Å²) in [6.45, 7) is 59.4. The number of phenols is 1. The highest BCUT2D eigenvalue weighted by Crippen LogP contribution is 2.49. The Morgan fingerprint density at radius 2 is 0.811 bits per heavy atom. The van der Waals surface area contributed by atoms with Crippen LogP contribution in [0.1, 0.15) is 321 Å². The van der Waals surface area contributed by atoms with Gasteiger partial charge in [0.05, 0.1) is 29.8 Å². The number of aromatic hydroxyl groups is 1. The molecular formula is C105H141F5N2O9S. The van der Waals surface area contributed by atoms with Crippen LogP contribution >= 0.6 is 11.8 Å². The molecule has 8 aliphatic rings. The van der Waals surface area contributed by atoms with Crippen LogP contribution in [0.3, 0.4) is 0 Å². The summed E-state index contributed by atoms with van der Waals surface area (Å²) in [6.07, 6.45) is 6.69. The maximum atomic E-state index is 13.6. The van der Waals surface area contributed by atoms with Gasteiger partial charge in [0.2, 0.25) is 5.91 Å². The molecule has 4 N–H and O–H groups in total. The Hall–Kier alpha value is -8.41. The van der Waals surface area contributed by atoms with Crippen molar-refractivity contribution in [3.8, 4) is 40.2 Å². The molecule has 11 nitrogen and oxygen atoms in total. The molecule has 666 valence electrons. The number of ether oxygens (including phenoxy) is 6. The largest absolute Gasteiger partial charge is 0.586 e. The van der Waals surface area contributed by atoms with Crippen molar-refractivity contribution in [1.82, 2.24) is 0 Å². The van der Waals surface area contributed by atoms with Gasteiger partial charge in [0.1, 0.15) is 23.9 Å². The normalized spacial score (nSPS) is 18.7. The standard InChI is InChI=1S/C15H22O.2C14H20O.C14H20.C13H15F3O2.C12H15NOS.C12H17NO.C11H12F2O2/c1-14(2,3)11-6-7-12-13(10-11)16-9-8-15(12,4)5;1-14(2,3)11-8-7-10-5-4-6-13(15)12(10)9-11;1-14(2,3)12-8-10-6-4-5-7-11(10)9-13(12)15;1-14(2,3)13-9-8-11-6-4-5-7-12(11)10-13;1-11(2,3)8-5-6-9-10(7-8)18-13(15,16)12(4,14)17-9;1-12(2,3)8-4-5-10-9(6-8)13-11(14)7-15-10;1-12(2,3)9-4-5-11-10(8-9)13-6-7-14-11;1-10(2,3)7-4-5-8-9(6-7)15-11(12,13)14-8/h6-7,10H,8-9H2,1-5H3;7-9,13,15H,4-6H2,1-3H3;8-9,15H,4-7H2,1-3H3;8-10H,4-7H2,1-3H3;5-7H,1-4H3;4-6H,7H2,1-3H3,(H,13,14);4-5,8,13H,6-7H2,1-3H3;4-6H,1-3H3. The number of halogens is 5. The number of aliphatic hydroxyl groups excluding tert-OH is 1. The fourth-order valence-corrected chi connectivity index (χ4v) is 16.0. The van der Waals surface area contributed by atoms with Gasteiger partial charge in [0.25, 0.3) is 0 Å². The third-order valence-electron chi connectivity index (χ3n) is 23.5. The zero-order valence-corrected chi connectivity index (χ0v) is 79.0. The van der Waals surface area contributed by atoms with Crippen LogP contribution in [-0.4, -0.2) is 59.9 Å². The van der Waals surface area contributed by atoms with Crippen LogP contribution in [0.5, 0.6) is 40.2 Å². The van der Waals surface area contributed by atoms with Crippen molar-refractivity contribution < 1.29 is 65.4 Å². The van der Waals surface area contributed by atoms with Crippen molar-refractivity contribution in [3.05, 3.63) is 223 Å². The molecule has 16 rings (SSSR count). The first-order valence-corrected chi connectivity index (χ1v) is 44.8. The minimum atomic E-state index is -4.00. The van der Waals surface area contributed by atoms with Crippen LogP contribution in [-0.2, 0) is 85.6 Å². The van der Waals surface area contributed by atoms with E-state index >= 15 is 0 Å². The fraction of sp³-hybridized carbons (Fsp3) is 0.533. The molecule has 0 radical (unpaired) electrons. The minimum Gasteiger partial charge on any atom is -0.508 e. The van der Waals surface area contributed by atoms with E-state index in [0.29, 0.717) is 23.8 Å². The number of anilines is 2. The number of thioether (sulfide) groups is 1. The lowest BCUT2D eigenvalue weighted by Gasteiger charge is -2.36. The van der Waals surface area contributed by atoms with Gasteiger partial charge in [0.15, 0.2) is 23.0 Å². The molecule has 0 fully saturated rings. The Morgan fingerprint density at radius 1 is 0.402 bits per heavy atom. The molecule has 8 aromatic carbocycles. The number of benzene rings is 8. The molecule has 8 aromatic rings. The second kappa shape index (κ2) is 37.8. The van der Waals surface area contributed by atoms with E-state index in [-0.39, 0.29) is 78.3 Å². The first kappa shape index (κ1) is 97.4. The van der Waals surface area contributed by atoms with E-state index in [9.17, 15) is 37.0 Å². The second-order valence-electron chi connectivity index (χ2n) is 42.7. The van der Waals surface area contributed by atoms with Crippen molar-refractivity contribution in [2.45, 2.75) is 342 Å². The number of rotatable bonds is 0. The maximum Gasteiger partial charge on any atom is 0.586 e. The number of fused-ring (bicyclic) bond motifs is 8. The summed E-state index contributed by atoms with van der Waals surface area (Å²) < 4.78 is 94.8. The van der Waals surface area contributed by atoms with Crippen molar-refractivity contribution in [2.24, 2.45) is 0 Å². The average molecular weight is 1700 g/mol. The number of phenolic OH excluding ortho intramolecular Hbond substituents is 1. The molecule has 17 heteroatoms. The number of aryl methyl sites for hydroxylation is 5. The lowest BCUT2D eigenvalue weighted by molar-refractivity contribution is -0.332. The van der Waals surface area contributed by atoms with E-state index in [2.05, 4.69) is 265 Å². The van der Waals surface area contributed by atoms with Gasteiger partial charge < -0.3 is 49.3 Å². The van der Waals surface area contributed by atoms with Crippen molar-refractivity contribution >= 4 is 29.0 Å². The Morgan fingerprint density at radius 3 is 1.35 bits per heavy atom. The number of carbonyl (C=O) groups is 1. The minimum absolute atomic E-state index is 0.0149. The lowest BCUT2D eigenvalue weighted by Crippen LogP contribution is -2.53. The summed E-state index contributed by atoms with van der Waals surface area (Å²) >= 11 is 1.60. The number of amides is 1. The van der Waals surface area contributed by atoms with Gasteiger partial charge in [-0.05, 0) is 270 Å². The number of alkyl halides is 5. The van der Waals surface area contributed by atoms with Crippen molar-refractivity contribution in [2.75, 3.05) is 36.1 Å². The molecule has 0 saturated heterocycles. The predicted molar refractivity (Wildman–Crippen MR) is 492 cm³/mol. The molecule has 5 heterocycles. The first-order valence-electron chi connectivity index (χ1n) is 43.8. The summed E-state index contributed by atoms with van der Waals surface area (Å²) in [5.41, 5.74) is 22.5. The zero-order valence-electron chi connectivity index (χ0n) is 78.2. The highest BCUT2D eigenvalue weighted by atomic mass is 32.2. The van der Waals surface area contributed by atoms with Crippen LogP contribution < -0.4 is 39.1 Å². The summed E-state index contributed by atoms with van der Waals surface area (Å²) in [5, 5.41) is 26.2. The summed E-state index contributed by atoms with van der Waals surface area (Å²) in [5.74, 6) is 0.0435. The quantitative estimate of drug-likeness (QED) is 0.108. The molecular weight excluding hydrogens is 1560 g/mol. The van der Waals surface area contributed by atoms with E-state index in [0.717, 1.165) is 97.0 Å². The van der Waals surface area contributed by atoms with E-state index in [4.69, 9.17) is 9.47 Å². The molecule has 2 atom stereocenters. The van der Waals surface area contributed by atoms with Gasteiger partial charge in [-0.3, -0.25) is 4.79 Å². The second-order valence-corrected chi connectivity index (χ2v) is 43.7. The third-order valence-corrected chi connectivity index (χ3v) is 24.5. The fourth-order valence-electron chi connectivity index (χ4n) is 15.2. The molecule has 5 aliphatic heterocycles. The number of nitrogens with one attached hydrogen (secondary N) is 2.